The largest absolute Gasteiger partial charge is 0.417 e. The van der Waals surface area contributed by atoms with Crippen LogP contribution in [0.25, 0.3) is 10.9 Å². The van der Waals surface area contributed by atoms with Crippen LogP contribution in [0, 0.1) is 5.82 Å². The van der Waals surface area contributed by atoms with Crippen molar-refractivity contribution in [3.05, 3.63) is 53.6 Å². The predicted molar refractivity (Wildman–Crippen MR) is 130 cm³/mol. The van der Waals surface area contributed by atoms with Crippen molar-refractivity contribution in [3.8, 4) is 0 Å². The first-order chi connectivity index (χ1) is 16.8. The van der Waals surface area contributed by atoms with Crippen molar-refractivity contribution in [1.29, 1.82) is 0 Å². The number of hydrogen-bond donors (Lipinski definition) is 2. The topological polar surface area (TPSA) is 117 Å². The number of benzene rings is 1. The maximum absolute atomic E-state index is 14.5. The molecule has 1 unspecified atom stereocenters. The Morgan fingerprint density at radius 1 is 1.08 bits per heavy atom. The van der Waals surface area contributed by atoms with Crippen LogP contribution < -0.4 is 0 Å². The van der Waals surface area contributed by atoms with Crippen LogP contribution in [-0.4, -0.2) is 55.7 Å². The molecule has 0 spiro atoms. The van der Waals surface area contributed by atoms with E-state index in [0.29, 0.717) is 11.8 Å². The number of nitrogens with zero attached hydrogens (tertiary/aromatic N) is 1. The molecule has 37 heavy (non-hydrogen) atoms. The lowest BCUT2D eigenvalue weighted by molar-refractivity contribution is -0.266. The Balaban J connectivity index is 2.04. The summed E-state index contributed by atoms with van der Waals surface area (Å²) in [4.78, 5) is 5.91. The van der Waals surface area contributed by atoms with E-state index in [9.17, 15) is 39.5 Å². The number of nitrogens with one attached hydrogen (secondary N) is 1. The molecule has 3 aromatic rings. The quantitative estimate of drug-likeness (QED) is 0.370. The zero-order chi connectivity index (χ0) is 28.0. The van der Waals surface area contributed by atoms with Gasteiger partial charge in [0.2, 0.25) is 0 Å². The molecule has 0 aliphatic carbocycles. The summed E-state index contributed by atoms with van der Waals surface area (Å²) in [6, 6.07) is 5.88. The van der Waals surface area contributed by atoms with E-state index in [0.717, 1.165) is 12.3 Å². The number of halogens is 4. The Hall–Kier alpha value is -2.51. The highest BCUT2D eigenvalue weighted by atomic mass is 32.2. The highest BCUT2D eigenvalue weighted by molar-refractivity contribution is 7.91. The summed E-state index contributed by atoms with van der Waals surface area (Å²) in [6.07, 6.45) is -4.76. The van der Waals surface area contributed by atoms with Crippen LogP contribution >= 0.6 is 0 Å². The predicted octanol–water partition coefficient (Wildman–Crippen LogP) is 4.49. The smallest absolute Gasteiger partial charge is 0.380 e. The number of hydrogen-bond acceptors (Lipinski definition) is 6. The van der Waals surface area contributed by atoms with Crippen molar-refractivity contribution in [1.82, 2.24) is 9.97 Å². The van der Waals surface area contributed by atoms with Gasteiger partial charge in [-0.05, 0) is 42.0 Å². The van der Waals surface area contributed by atoms with Crippen LogP contribution in [0.3, 0.4) is 0 Å². The molecule has 0 saturated heterocycles. The summed E-state index contributed by atoms with van der Waals surface area (Å²) >= 11 is 0. The van der Waals surface area contributed by atoms with Gasteiger partial charge in [0.05, 0.1) is 17.5 Å². The van der Waals surface area contributed by atoms with Crippen LogP contribution in [0.2, 0.25) is 0 Å². The summed E-state index contributed by atoms with van der Waals surface area (Å²) in [5.41, 5.74) is -4.92. The Morgan fingerprint density at radius 3 is 2.30 bits per heavy atom. The summed E-state index contributed by atoms with van der Waals surface area (Å²) in [5.74, 6) is -1.23. The van der Waals surface area contributed by atoms with E-state index in [1.807, 2.05) is 0 Å². The molecule has 1 atom stereocenters. The van der Waals surface area contributed by atoms with Gasteiger partial charge in [-0.3, -0.25) is 0 Å². The van der Waals surface area contributed by atoms with Crippen molar-refractivity contribution in [2.45, 2.75) is 67.1 Å². The SMILES string of the molecule is CCCS(=O)(=O)c1cc2cc(CC(O)(CC(C)(C)c3cccc(F)c3S(C)(=O)=O)C(F)(F)F)[nH]c2cn1. The Morgan fingerprint density at radius 2 is 1.73 bits per heavy atom. The van der Waals surface area contributed by atoms with Gasteiger partial charge in [-0.1, -0.05) is 32.9 Å². The molecule has 204 valence electrons. The van der Waals surface area contributed by atoms with Gasteiger partial charge in [0.25, 0.3) is 0 Å². The monoisotopic (exact) mass is 564 g/mol. The fourth-order valence-corrected chi connectivity index (χ4v) is 6.97. The molecule has 3 rings (SSSR count). The minimum Gasteiger partial charge on any atom is -0.380 e. The minimum absolute atomic E-state index is 0.0416. The molecule has 0 amide bonds. The molecule has 0 aliphatic heterocycles. The van der Waals surface area contributed by atoms with Gasteiger partial charge >= 0.3 is 6.18 Å². The zero-order valence-electron chi connectivity index (χ0n) is 20.6. The molecule has 13 heteroatoms. The first-order valence-electron chi connectivity index (χ1n) is 11.3. The highest BCUT2D eigenvalue weighted by Gasteiger charge is 2.56. The fraction of sp³-hybridized carbons (Fsp3) is 0.458. The molecule has 0 radical (unpaired) electrons. The number of aromatic nitrogens is 2. The lowest BCUT2D eigenvalue weighted by Crippen LogP contribution is -2.51. The third-order valence-electron chi connectivity index (χ3n) is 6.14. The lowest BCUT2D eigenvalue weighted by atomic mass is 9.73. The standard InChI is InChI=1S/C24H28F4N2O5S2/c1-5-9-37(34,35)20-11-15-10-16(30-19(15)13-29-20)12-23(31,24(26,27)28)14-22(2,3)17-7-6-8-18(25)21(17)36(4,32)33/h6-8,10-11,13,30-31H,5,9,12,14H2,1-4H3. The first kappa shape index (κ1) is 29.1. The van der Waals surface area contributed by atoms with Crippen molar-refractivity contribution < 1.29 is 39.5 Å². The first-order valence-corrected chi connectivity index (χ1v) is 14.8. The second-order valence-electron chi connectivity index (χ2n) is 9.88. The Labute approximate surface area is 212 Å². The van der Waals surface area contributed by atoms with Gasteiger partial charge in [-0.15, -0.1) is 0 Å². The highest BCUT2D eigenvalue weighted by Crippen LogP contribution is 2.44. The number of rotatable bonds is 9. The average molecular weight is 565 g/mol. The van der Waals surface area contributed by atoms with E-state index in [1.165, 1.54) is 44.3 Å². The van der Waals surface area contributed by atoms with E-state index < -0.39 is 60.4 Å². The molecular formula is C24H28F4N2O5S2. The minimum atomic E-state index is -5.14. The van der Waals surface area contributed by atoms with Crippen LogP contribution in [0.15, 0.2) is 46.5 Å². The summed E-state index contributed by atoms with van der Waals surface area (Å²) < 4.78 is 106. The second kappa shape index (κ2) is 9.66. The number of aliphatic hydroxyl groups is 1. The van der Waals surface area contributed by atoms with E-state index in [4.69, 9.17) is 0 Å². The van der Waals surface area contributed by atoms with E-state index >= 15 is 0 Å². The third kappa shape index (κ3) is 5.99. The maximum Gasteiger partial charge on any atom is 0.417 e. The molecular weight excluding hydrogens is 536 g/mol. The number of aromatic amines is 1. The van der Waals surface area contributed by atoms with E-state index in [-0.39, 0.29) is 27.6 Å². The third-order valence-corrected chi connectivity index (χ3v) is 9.10. The van der Waals surface area contributed by atoms with Crippen molar-refractivity contribution in [3.63, 3.8) is 0 Å². The molecule has 0 saturated carbocycles. The van der Waals surface area contributed by atoms with E-state index in [2.05, 4.69) is 9.97 Å². The second-order valence-corrected chi connectivity index (χ2v) is 13.9. The Kier molecular flexibility index (Phi) is 7.59. The normalized spacial score (nSPS) is 15.2. The van der Waals surface area contributed by atoms with Crippen LogP contribution in [-0.2, 0) is 31.5 Å². The number of pyridine rings is 1. The molecule has 0 aliphatic rings. The van der Waals surface area contributed by atoms with Gasteiger partial charge in [0.1, 0.15) is 10.7 Å². The van der Waals surface area contributed by atoms with Crippen molar-refractivity contribution in [2.24, 2.45) is 0 Å². The molecule has 7 nitrogen and oxygen atoms in total. The molecule has 2 heterocycles. The zero-order valence-corrected chi connectivity index (χ0v) is 22.3. The average Bonchev–Trinajstić information content (AvgIpc) is 3.12. The number of H-pyrrole nitrogens is 1. The Bertz CT molecular complexity index is 1530. The summed E-state index contributed by atoms with van der Waals surface area (Å²) in [7, 11) is -7.79. The van der Waals surface area contributed by atoms with Gasteiger partial charge in [0.15, 0.2) is 30.3 Å². The van der Waals surface area contributed by atoms with Crippen LogP contribution in [0.1, 0.15) is 44.9 Å². The number of fused-ring (bicyclic) bond motifs is 1. The molecule has 0 fully saturated rings. The van der Waals surface area contributed by atoms with Crippen LogP contribution in [0.5, 0.6) is 0 Å². The number of alkyl halides is 3. The molecule has 2 aromatic heterocycles. The van der Waals surface area contributed by atoms with Crippen molar-refractivity contribution >= 4 is 30.6 Å². The molecule has 2 N–H and O–H groups in total. The van der Waals surface area contributed by atoms with Gasteiger partial charge in [-0.25, -0.2) is 26.2 Å². The summed E-state index contributed by atoms with van der Waals surface area (Å²) in [6.45, 7) is 4.28. The molecule has 1 aromatic carbocycles. The maximum atomic E-state index is 14.5. The van der Waals surface area contributed by atoms with Gasteiger partial charge in [-0.2, -0.15) is 13.2 Å². The van der Waals surface area contributed by atoms with Gasteiger partial charge in [0, 0.05) is 23.8 Å². The number of sulfone groups is 2. The van der Waals surface area contributed by atoms with Crippen molar-refractivity contribution in [2.75, 3.05) is 12.0 Å². The van der Waals surface area contributed by atoms with Gasteiger partial charge < -0.3 is 10.1 Å². The van der Waals surface area contributed by atoms with Crippen LogP contribution in [0.4, 0.5) is 17.6 Å². The van der Waals surface area contributed by atoms with E-state index in [1.54, 1.807) is 6.92 Å². The summed E-state index contributed by atoms with van der Waals surface area (Å²) in [5, 5.41) is 11.0. The lowest BCUT2D eigenvalue weighted by Gasteiger charge is -2.38. The fourth-order valence-electron chi connectivity index (χ4n) is 4.53. The molecule has 0 bridgehead atoms.